The van der Waals surface area contributed by atoms with Gasteiger partial charge in [0.1, 0.15) is 6.54 Å². The first-order chi connectivity index (χ1) is 14.7. The zero-order valence-electron chi connectivity index (χ0n) is 15.9. The molecule has 0 radical (unpaired) electrons. The Bertz CT molecular complexity index is 1200. The highest BCUT2D eigenvalue weighted by Crippen LogP contribution is 2.35. The van der Waals surface area contributed by atoms with E-state index in [2.05, 4.69) is 5.32 Å². The second-order valence-electron chi connectivity index (χ2n) is 6.41. The van der Waals surface area contributed by atoms with Gasteiger partial charge in [-0.25, -0.2) is 8.42 Å². The summed E-state index contributed by atoms with van der Waals surface area (Å²) in [5.74, 6) is -0.554. The SMILES string of the molecule is O=C(CN(c1cccc(Cl)c1Cl)S(=O)(=O)c1ccccc1)NCc1ccc(Cl)cc1Cl. The first-order valence-electron chi connectivity index (χ1n) is 8.92. The molecule has 3 aromatic carbocycles. The first-order valence-corrected chi connectivity index (χ1v) is 11.9. The molecule has 0 aliphatic heterocycles. The van der Waals surface area contributed by atoms with Gasteiger partial charge in [0.05, 0.1) is 20.6 Å². The number of anilines is 1. The van der Waals surface area contributed by atoms with Crippen LogP contribution >= 0.6 is 46.4 Å². The maximum Gasteiger partial charge on any atom is 0.264 e. The van der Waals surface area contributed by atoms with Gasteiger partial charge in [-0.15, -0.1) is 0 Å². The average Bonchev–Trinajstić information content (AvgIpc) is 2.74. The Morgan fingerprint density at radius 3 is 2.26 bits per heavy atom. The number of benzene rings is 3. The maximum atomic E-state index is 13.3. The van der Waals surface area contributed by atoms with Crippen molar-refractivity contribution in [1.82, 2.24) is 5.32 Å². The van der Waals surface area contributed by atoms with Crippen LogP contribution in [0.15, 0.2) is 71.6 Å². The van der Waals surface area contributed by atoms with Crippen LogP contribution in [0.1, 0.15) is 5.56 Å². The van der Waals surface area contributed by atoms with Gasteiger partial charge in [-0.3, -0.25) is 9.10 Å². The Morgan fingerprint density at radius 2 is 1.58 bits per heavy atom. The van der Waals surface area contributed by atoms with Crippen molar-refractivity contribution >= 4 is 68.0 Å². The summed E-state index contributed by atoms with van der Waals surface area (Å²) in [6, 6.07) is 17.2. The number of carbonyl (C=O) groups excluding carboxylic acids is 1. The van der Waals surface area contributed by atoms with Gasteiger partial charge in [0.15, 0.2) is 0 Å². The van der Waals surface area contributed by atoms with Crippen molar-refractivity contribution in [3.05, 3.63) is 92.4 Å². The topological polar surface area (TPSA) is 66.5 Å². The molecule has 5 nitrogen and oxygen atoms in total. The largest absolute Gasteiger partial charge is 0.350 e. The minimum atomic E-state index is -4.10. The summed E-state index contributed by atoms with van der Waals surface area (Å²) < 4.78 is 27.5. The Hall–Kier alpha value is -1.96. The molecule has 162 valence electrons. The quantitative estimate of drug-likeness (QED) is 0.430. The van der Waals surface area contributed by atoms with Gasteiger partial charge in [0.25, 0.3) is 10.0 Å². The predicted octanol–water partition coefficient (Wildman–Crippen LogP) is 5.81. The normalized spacial score (nSPS) is 11.2. The van der Waals surface area contributed by atoms with Crippen LogP contribution in [0.25, 0.3) is 0 Å². The monoisotopic (exact) mass is 516 g/mol. The summed E-state index contributed by atoms with van der Waals surface area (Å²) in [6.07, 6.45) is 0. The molecule has 0 fully saturated rings. The highest BCUT2D eigenvalue weighted by molar-refractivity contribution is 7.92. The maximum absolute atomic E-state index is 13.3. The third-order valence-electron chi connectivity index (χ3n) is 4.31. The molecule has 10 heteroatoms. The lowest BCUT2D eigenvalue weighted by molar-refractivity contribution is -0.119. The van der Waals surface area contributed by atoms with E-state index in [1.165, 1.54) is 24.3 Å². The van der Waals surface area contributed by atoms with Crippen LogP contribution in [0.3, 0.4) is 0 Å². The van der Waals surface area contributed by atoms with E-state index in [1.54, 1.807) is 42.5 Å². The van der Waals surface area contributed by atoms with E-state index in [4.69, 9.17) is 46.4 Å². The fraction of sp³-hybridized carbons (Fsp3) is 0.0952. The lowest BCUT2D eigenvalue weighted by Crippen LogP contribution is -2.40. The van der Waals surface area contributed by atoms with E-state index in [1.807, 2.05) is 0 Å². The molecule has 0 saturated carbocycles. The zero-order valence-corrected chi connectivity index (χ0v) is 19.7. The number of nitrogens with zero attached hydrogens (tertiary/aromatic N) is 1. The van der Waals surface area contributed by atoms with Gasteiger partial charge in [0.2, 0.25) is 5.91 Å². The number of rotatable bonds is 7. The molecule has 0 unspecified atom stereocenters. The van der Waals surface area contributed by atoms with Crippen LogP contribution < -0.4 is 9.62 Å². The zero-order chi connectivity index (χ0) is 22.6. The van der Waals surface area contributed by atoms with Crippen LogP contribution in [-0.2, 0) is 21.4 Å². The standard InChI is InChI=1S/C21H16Cl4N2O3S/c22-15-10-9-14(18(24)11-15)12-26-20(28)13-27(19-8-4-7-17(23)21(19)25)31(29,30)16-5-2-1-3-6-16/h1-11H,12-13H2,(H,26,28). The van der Waals surface area contributed by atoms with E-state index < -0.39 is 22.5 Å². The fourth-order valence-corrected chi connectivity index (χ4v) is 5.13. The average molecular weight is 518 g/mol. The van der Waals surface area contributed by atoms with Crippen molar-refractivity contribution in [2.45, 2.75) is 11.4 Å². The van der Waals surface area contributed by atoms with E-state index in [-0.39, 0.29) is 27.2 Å². The molecule has 0 aliphatic carbocycles. The number of hydrogen-bond donors (Lipinski definition) is 1. The fourth-order valence-electron chi connectivity index (χ4n) is 2.75. The lowest BCUT2D eigenvalue weighted by atomic mass is 10.2. The number of sulfonamides is 1. The van der Waals surface area contributed by atoms with E-state index in [9.17, 15) is 13.2 Å². The molecular weight excluding hydrogens is 502 g/mol. The number of nitrogens with one attached hydrogen (secondary N) is 1. The lowest BCUT2D eigenvalue weighted by Gasteiger charge is -2.25. The van der Waals surface area contributed by atoms with Crippen LogP contribution in [-0.4, -0.2) is 20.9 Å². The molecule has 3 rings (SSSR count). The number of amides is 1. The Balaban J connectivity index is 1.90. The summed E-state index contributed by atoms with van der Waals surface area (Å²) >= 11 is 24.4. The molecule has 0 bridgehead atoms. The van der Waals surface area contributed by atoms with Gasteiger partial charge >= 0.3 is 0 Å². The van der Waals surface area contributed by atoms with Crippen molar-refractivity contribution < 1.29 is 13.2 Å². The van der Waals surface area contributed by atoms with Crippen molar-refractivity contribution in [2.75, 3.05) is 10.8 Å². The molecule has 0 heterocycles. The second-order valence-corrected chi connectivity index (χ2v) is 9.90. The minimum Gasteiger partial charge on any atom is -0.350 e. The van der Waals surface area contributed by atoms with E-state index in [0.29, 0.717) is 15.6 Å². The molecule has 0 aliphatic rings. The van der Waals surface area contributed by atoms with Crippen molar-refractivity contribution in [2.24, 2.45) is 0 Å². The molecule has 1 N–H and O–H groups in total. The number of halogens is 4. The van der Waals surface area contributed by atoms with Crippen molar-refractivity contribution in [3.63, 3.8) is 0 Å². The van der Waals surface area contributed by atoms with Gasteiger partial charge in [-0.1, -0.05) is 76.7 Å². The molecule has 31 heavy (non-hydrogen) atoms. The second kappa shape index (κ2) is 10.1. The molecule has 3 aromatic rings. The van der Waals surface area contributed by atoms with Crippen LogP contribution in [0.2, 0.25) is 20.1 Å². The molecule has 0 spiro atoms. The van der Waals surface area contributed by atoms with Gasteiger partial charge < -0.3 is 5.32 Å². The van der Waals surface area contributed by atoms with Gasteiger partial charge in [-0.05, 0) is 42.0 Å². The number of carbonyl (C=O) groups is 1. The first kappa shape index (κ1) is 23.7. The summed E-state index contributed by atoms with van der Waals surface area (Å²) in [5, 5.41) is 3.72. The molecular formula is C21H16Cl4N2O3S. The Labute approximate surface area is 200 Å². The van der Waals surface area contributed by atoms with Gasteiger partial charge in [0, 0.05) is 16.6 Å². The smallest absolute Gasteiger partial charge is 0.264 e. The third-order valence-corrected chi connectivity index (χ3v) is 7.48. The molecule has 1 amide bonds. The van der Waals surface area contributed by atoms with Crippen LogP contribution in [0, 0.1) is 0 Å². The summed E-state index contributed by atoms with van der Waals surface area (Å²) in [7, 11) is -4.10. The molecule has 0 aromatic heterocycles. The summed E-state index contributed by atoms with van der Waals surface area (Å²) in [5.41, 5.74) is 0.732. The highest BCUT2D eigenvalue weighted by atomic mass is 35.5. The summed E-state index contributed by atoms with van der Waals surface area (Å²) in [6.45, 7) is -0.417. The third kappa shape index (κ3) is 5.64. The van der Waals surface area contributed by atoms with Gasteiger partial charge in [-0.2, -0.15) is 0 Å². The van der Waals surface area contributed by atoms with Crippen molar-refractivity contribution in [1.29, 1.82) is 0 Å². The van der Waals surface area contributed by atoms with E-state index in [0.717, 1.165) is 4.31 Å². The number of hydrogen-bond acceptors (Lipinski definition) is 3. The Morgan fingerprint density at radius 1 is 0.871 bits per heavy atom. The van der Waals surface area contributed by atoms with Crippen LogP contribution in [0.5, 0.6) is 0 Å². The summed E-state index contributed by atoms with van der Waals surface area (Å²) in [4.78, 5) is 12.7. The Kier molecular flexibility index (Phi) is 7.73. The van der Waals surface area contributed by atoms with Crippen molar-refractivity contribution in [3.8, 4) is 0 Å². The predicted molar refractivity (Wildman–Crippen MR) is 126 cm³/mol. The molecule has 0 atom stereocenters. The van der Waals surface area contributed by atoms with E-state index >= 15 is 0 Å². The van der Waals surface area contributed by atoms with Crippen LogP contribution in [0.4, 0.5) is 5.69 Å². The highest BCUT2D eigenvalue weighted by Gasteiger charge is 2.29. The minimum absolute atomic E-state index is 0.0135. The molecule has 0 saturated heterocycles.